The van der Waals surface area contributed by atoms with Gasteiger partial charge in [-0.1, -0.05) is 414 Å². The molecule has 0 aromatic carbocycles. The van der Waals surface area contributed by atoms with E-state index in [9.17, 15) is 58.8 Å². The van der Waals surface area contributed by atoms with Crippen LogP contribution in [-0.2, 0) is 80.5 Å². The Bertz CT molecular complexity index is 2780. The molecule has 2 heterocycles. The summed E-state index contributed by atoms with van der Waals surface area (Å²) in [5.74, 6) is -5.00. The molecule has 0 aromatic rings. The minimum Gasteiger partial charge on any atom is -0.462 e. The fourth-order valence-electron chi connectivity index (χ4n) is 17.9. The summed E-state index contributed by atoms with van der Waals surface area (Å²) in [5.41, 5.74) is 0. The lowest BCUT2D eigenvalue weighted by molar-refractivity contribution is -0.298. The van der Waals surface area contributed by atoms with Crippen molar-refractivity contribution >= 4 is 49.5 Å². The van der Waals surface area contributed by atoms with Crippen molar-refractivity contribution in [3.8, 4) is 0 Å². The molecule has 2 aliphatic heterocycles. The lowest BCUT2D eigenvalue weighted by Gasteiger charge is -2.46. The topological polar surface area (TPSA) is 365 Å². The maximum absolute atomic E-state index is 15.2. The quantitative estimate of drug-likeness (QED) is 0.0121. The van der Waals surface area contributed by atoms with Gasteiger partial charge in [0.2, 0.25) is 11.8 Å². The number of ether oxygens (including phenoxy) is 8. The van der Waals surface area contributed by atoms with E-state index in [-0.39, 0.29) is 44.9 Å². The second-order valence-electron chi connectivity index (χ2n) is 38.3. The van der Waals surface area contributed by atoms with Crippen LogP contribution in [0, 0.1) is 0 Å². The Hall–Kier alpha value is -3.88. The van der Waals surface area contributed by atoms with E-state index in [4.69, 9.17) is 42.4 Å². The average Bonchev–Trinajstić information content (AvgIpc) is 0.777. The van der Waals surface area contributed by atoms with Crippen molar-refractivity contribution in [2.45, 2.75) is 609 Å². The van der Waals surface area contributed by atoms with E-state index >= 15 is 9.59 Å². The molecule has 0 radical (unpaired) electrons. The molecule has 0 aromatic heterocycles. The predicted octanol–water partition coefficient (Wildman–Crippen LogP) is 24.2. The summed E-state index contributed by atoms with van der Waals surface area (Å²) in [6.45, 7) is 13.4. The number of nitrogens with one attached hydrogen (secondary N) is 2. The summed E-state index contributed by atoms with van der Waals surface area (Å²) in [4.78, 5) is 122. The zero-order chi connectivity index (χ0) is 95.1. The zero-order valence-electron chi connectivity index (χ0n) is 83.4. The van der Waals surface area contributed by atoms with Gasteiger partial charge in [-0.25, -0.2) is 4.57 Å². The molecule has 26 heteroatoms. The van der Waals surface area contributed by atoms with E-state index in [1.54, 1.807) is 0 Å². The number of phosphoric ester groups is 1. The third kappa shape index (κ3) is 65.8. The number of rotatable bonds is 91. The Morgan fingerprint density at radius 1 is 0.323 bits per heavy atom. The summed E-state index contributed by atoms with van der Waals surface area (Å²) < 4.78 is 68.4. The minimum absolute atomic E-state index is 0.103. The van der Waals surface area contributed by atoms with Crippen LogP contribution in [-0.4, -0.2) is 171 Å². The first-order valence-corrected chi connectivity index (χ1v) is 55.5. The van der Waals surface area contributed by atoms with Crippen molar-refractivity contribution in [2.75, 3.05) is 13.2 Å². The number of carbonyl (C=O) groups is 7. The highest BCUT2D eigenvalue weighted by atomic mass is 31.2. The maximum atomic E-state index is 15.2. The Labute approximate surface area is 789 Å². The Kier molecular flexibility index (Phi) is 78.3. The van der Waals surface area contributed by atoms with Gasteiger partial charge in [0, 0.05) is 19.3 Å². The number of aliphatic hydroxyl groups is 4. The van der Waals surface area contributed by atoms with Gasteiger partial charge in [0.1, 0.15) is 54.8 Å². The summed E-state index contributed by atoms with van der Waals surface area (Å²) in [6.07, 6.45) is 45.1. The van der Waals surface area contributed by atoms with Gasteiger partial charge in [0.15, 0.2) is 24.8 Å². The Morgan fingerprint density at radius 2 is 0.600 bits per heavy atom. The van der Waals surface area contributed by atoms with E-state index < -0.39 is 168 Å². The van der Waals surface area contributed by atoms with Gasteiger partial charge in [-0.3, -0.25) is 38.1 Å². The first-order valence-electron chi connectivity index (χ1n) is 53.9. The number of phosphoric acid groups is 1. The van der Waals surface area contributed by atoms with Crippen LogP contribution in [0.4, 0.5) is 0 Å². The largest absolute Gasteiger partial charge is 0.470 e. The van der Waals surface area contributed by atoms with E-state index in [0.717, 1.165) is 263 Å². The van der Waals surface area contributed by atoms with Gasteiger partial charge in [0.05, 0.1) is 45.0 Å². The molecule has 130 heavy (non-hydrogen) atoms. The fourth-order valence-corrected chi connectivity index (χ4v) is 18.5. The van der Waals surface area contributed by atoms with Crippen molar-refractivity contribution in [1.82, 2.24) is 10.6 Å². The van der Waals surface area contributed by atoms with Crippen molar-refractivity contribution in [2.24, 2.45) is 0 Å². The first kappa shape index (κ1) is 122. The van der Waals surface area contributed by atoms with E-state index in [0.29, 0.717) is 51.4 Å². The maximum Gasteiger partial charge on any atom is 0.470 e. The van der Waals surface area contributed by atoms with E-state index in [2.05, 4.69) is 59.1 Å². The molecule has 14 atom stereocenters. The summed E-state index contributed by atoms with van der Waals surface area (Å²) in [6, 6.07) is -3.52. The van der Waals surface area contributed by atoms with Gasteiger partial charge in [-0.2, -0.15) is 0 Å². The molecule has 2 aliphatic rings. The van der Waals surface area contributed by atoms with Crippen molar-refractivity contribution in [3.63, 3.8) is 0 Å². The van der Waals surface area contributed by atoms with Crippen molar-refractivity contribution in [1.29, 1.82) is 0 Å². The number of amides is 2. The Balaban J connectivity index is 2.80. The highest BCUT2D eigenvalue weighted by molar-refractivity contribution is 7.46. The molecule has 25 nitrogen and oxygen atoms in total. The number of carbonyl (C=O) groups excluding carboxylic acids is 7. The van der Waals surface area contributed by atoms with E-state index in [1.165, 1.54) is 96.3 Å². The summed E-state index contributed by atoms with van der Waals surface area (Å²) >= 11 is 0. The smallest absolute Gasteiger partial charge is 0.462 e. The van der Waals surface area contributed by atoms with Crippen LogP contribution < -0.4 is 10.6 Å². The standard InChI is InChI=1S/C104H195N2O23P/c1-8-15-22-29-36-41-42-43-44-49-56-63-69-75-92(111)122-85(72-65-59-52-45-37-30-23-16-9-2)79-90(109)105-97-101(127-95(114)78-84(108)71-64-57-50-34-27-20-13-6)99(116)89(125-103(97)117)83-121-104-98(106-91(110)80-86(73-66-60-53-46-38-31-24-17-10-3)123-93(112)76-68-61-54-47-39-32-25-18-11-4)102(100(88(82-107)126-104)129-130(118,119)120)128-96(115)81-87(74-67-58-51-35-28-21-14-7)124-94(113)77-70-62-55-48-40-33-26-19-12-5/h84-89,97-104,107-108,116-117H,8-83H2,1-7H3,(H,105,109)(H,106,110)(H2,118,119,120)/t84?,85?,86?,87?,88-,89-,97-,98-,99-,100-,101-,102-,103-,104-/m1/s1. The van der Waals surface area contributed by atoms with Crippen molar-refractivity contribution < 1.29 is 111 Å². The molecule has 2 amide bonds. The molecule has 2 fully saturated rings. The molecule has 764 valence electrons. The van der Waals surface area contributed by atoms with E-state index in [1.807, 2.05) is 0 Å². The SMILES string of the molecule is CCCCCCCCCCCCCCCC(=O)OC(CCCCCCCCCCC)CC(=O)N[C@@H]1[C@@H](OC(=O)CC(O)CCCCCCCCC)[C@H](O)[C@@H](CO[C@@H]2O[C@H](CO)[C@@H](OP(=O)(O)O)[C@H](OC(=O)CC(CCCCCCCCC)OC(=O)CCCCCCCCCCC)[C@H]2NC(=O)CC(CCCCCCCCCCC)OC(=O)CCCCCCCCCCC)O[C@H]1O. The van der Waals surface area contributed by atoms with Gasteiger partial charge in [-0.15, -0.1) is 0 Å². The molecule has 0 bridgehead atoms. The van der Waals surface area contributed by atoms with Crippen LogP contribution in [0.2, 0.25) is 0 Å². The van der Waals surface area contributed by atoms with Crippen LogP contribution >= 0.6 is 7.82 Å². The number of aliphatic hydroxyl groups excluding tert-OH is 4. The average molecular weight is 1870 g/mol. The molecular weight excluding hydrogens is 1680 g/mol. The fraction of sp³-hybridized carbons (Fsp3) is 0.933. The second-order valence-corrected chi connectivity index (χ2v) is 39.5. The van der Waals surface area contributed by atoms with Crippen LogP contribution in [0.25, 0.3) is 0 Å². The number of hydrogen-bond donors (Lipinski definition) is 8. The number of hydrogen-bond acceptors (Lipinski definition) is 21. The Morgan fingerprint density at radius 3 is 0.915 bits per heavy atom. The summed E-state index contributed by atoms with van der Waals surface area (Å²) in [5, 5.41) is 53.1. The monoisotopic (exact) mass is 1870 g/mol. The minimum atomic E-state index is -5.64. The molecule has 4 unspecified atom stereocenters. The van der Waals surface area contributed by atoms with Gasteiger partial charge in [-0.05, 0) is 64.2 Å². The van der Waals surface area contributed by atoms with Crippen LogP contribution in [0.3, 0.4) is 0 Å². The van der Waals surface area contributed by atoms with Gasteiger partial charge < -0.3 is 78.7 Å². The highest BCUT2D eigenvalue weighted by Crippen LogP contribution is 2.43. The first-order chi connectivity index (χ1) is 63.1. The van der Waals surface area contributed by atoms with Crippen LogP contribution in [0.5, 0.6) is 0 Å². The lowest BCUT2D eigenvalue weighted by Crippen LogP contribution is -2.68. The van der Waals surface area contributed by atoms with Gasteiger partial charge in [0.25, 0.3) is 0 Å². The second kappa shape index (κ2) is 83.3. The third-order valence-corrected chi connectivity index (χ3v) is 26.4. The lowest BCUT2D eigenvalue weighted by atomic mass is 9.95. The molecule has 0 saturated carbocycles. The molecule has 0 spiro atoms. The summed E-state index contributed by atoms with van der Waals surface area (Å²) in [7, 11) is -5.64. The third-order valence-electron chi connectivity index (χ3n) is 25.9. The van der Waals surface area contributed by atoms with Crippen molar-refractivity contribution in [3.05, 3.63) is 0 Å². The highest BCUT2D eigenvalue weighted by Gasteiger charge is 2.54. The molecule has 2 saturated heterocycles. The van der Waals surface area contributed by atoms with Crippen LogP contribution in [0.1, 0.15) is 524 Å². The van der Waals surface area contributed by atoms with Gasteiger partial charge >= 0.3 is 37.7 Å². The molecular formula is C104H195N2O23P. The molecule has 2 rings (SSSR count). The zero-order valence-corrected chi connectivity index (χ0v) is 84.3. The number of unbranched alkanes of at least 4 members (excludes halogenated alkanes) is 56. The predicted molar refractivity (Wildman–Crippen MR) is 516 cm³/mol. The number of esters is 5. The molecule has 8 N–H and O–H groups in total. The normalized spacial score (nSPS) is 19.7. The van der Waals surface area contributed by atoms with Crippen LogP contribution in [0.15, 0.2) is 0 Å². The molecule has 0 aliphatic carbocycles.